The zero-order chi connectivity index (χ0) is 16.0. The van der Waals surface area contributed by atoms with Crippen LogP contribution in [0.15, 0.2) is 0 Å². The van der Waals surface area contributed by atoms with Crippen LogP contribution in [-0.4, -0.2) is 34.7 Å². The molecule has 1 amide bonds. The lowest BCUT2D eigenvalue weighted by molar-refractivity contribution is -0.152. The Morgan fingerprint density at radius 3 is 2.23 bits per heavy atom. The molecule has 2 saturated carbocycles. The number of carbonyl (C=O) groups is 2. The quantitative estimate of drug-likeness (QED) is 0.739. The van der Waals surface area contributed by atoms with E-state index in [-0.39, 0.29) is 12.0 Å². The van der Waals surface area contributed by atoms with E-state index in [9.17, 15) is 14.7 Å². The third-order valence-electron chi connectivity index (χ3n) is 5.05. The van der Waals surface area contributed by atoms with Crippen molar-refractivity contribution >= 4 is 11.9 Å². The molecule has 0 aromatic carbocycles. The van der Waals surface area contributed by atoms with Gasteiger partial charge in [-0.05, 0) is 32.1 Å². The zero-order valence-electron chi connectivity index (χ0n) is 13.6. The molecule has 5 nitrogen and oxygen atoms in total. The molecule has 0 aromatic heterocycles. The van der Waals surface area contributed by atoms with Gasteiger partial charge in [0.1, 0.15) is 11.6 Å². The first-order chi connectivity index (χ1) is 10.6. The Morgan fingerprint density at radius 2 is 1.73 bits per heavy atom. The van der Waals surface area contributed by atoms with Crippen LogP contribution in [0.5, 0.6) is 0 Å². The summed E-state index contributed by atoms with van der Waals surface area (Å²) < 4.78 is 5.91. The predicted octanol–water partition coefficient (Wildman–Crippen LogP) is 3.02. The second-order valence-electron chi connectivity index (χ2n) is 6.73. The van der Waals surface area contributed by atoms with Crippen LogP contribution in [0, 0.1) is 0 Å². The van der Waals surface area contributed by atoms with Gasteiger partial charge in [0, 0.05) is 0 Å². The lowest BCUT2D eigenvalue weighted by Gasteiger charge is -2.31. The Balaban J connectivity index is 2.00. The maximum absolute atomic E-state index is 12.6. The number of carboxylic acids is 1. The maximum atomic E-state index is 12.6. The molecule has 0 bridgehead atoms. The van der Waals surface area contributed by atoms with E-state index in [2.05, 4.69) is 5.32 Å². The minimum absolute atomic E-state index is 0.158. The molecule has 1 atom stereocenters. The van der Waals surface area contributed by atoms with E-state index < -0.39 is 17.6 Å². The molecule has 0 aliphatic heterocycles. The van der Waals surface area contributed by atoms with Gasteiger partial charge in [0.05, 0.1) is 6.10 Å². The third kappa shape index (κ3) is 4.22. The van der Waals surface area contributed by atoms with E-state index in [4.69, 9.17) is 4.74 Å². The van der Waals surface area contributed by atoms with Crippen molar-refractivity contribution in [2.24, 2.45) is 0 Å². The van der Waals surface area contributed by atoms with Crippen LogP contribution in [0.4, 0.5) is 0 Å². The molecule has 2 fully saturated rings. The summed E-state index contributed by atoms with van der Waals surface area (Å²) in [5.74, 6) is -1.16. The first-order valence-corrected chi connectivity index (χ1v) is 8.78. The summed E-state index contributed by atoms with van der Waals surface area (Å²) in [4.78, 5) is 24.3. The summed E-state index contributed by atoms with van der Waals surface area (Å²) >= 11 is 0. The van der Waals surface area contributed by atoms with Crippen LogP contribution in [-0.2, 0) is 14.3 Å². The van der Waals surface area contributed by atoms with Gasteiger partial charge in [-0.15, -0.1) is 0 Å². The minimum Gasteiger partial charge on any atom is -0.480 e. The lowest BCUT2D eigenvalue weighted by atomic mass is 9.90. The van der Waals surface area contributed by atoms with Gasteiger partial charge in [-0.25, -0.2) is 4.79 Å². The van der Waals surface area contributed by atoms with Crippen molar-refractivity contribution in [2.75, 3.05) is 0 Å². The van der Waals surface area contributed by atoms with E-state index in [0.717, 1.165) is 51.4 Å². The monoisotopic (exact) mass is 311 g/mol. The fourth-order valence-corrected chi connectivity index (χ4v) is 3.64. The summed E-state index contributed by atoms with van der Waals surface area (Å²) in [6.45, 7) is 1.92. The molecule has 126 valence electrons. The smallest absolute Gasteiger partial charge is 0.329 e. The number of ether oxygens (including phenoxy) is 1. The van der Waals surface area contributed by atoms with Crippen molar-refractivity contribution in [3.8, 4) is 0 Å². The summed E-state index contributed by atoms with van der Waals surface area (Å²) in [5, 5.41) is 12.5. The number of rotatable bonds is 6. The Kier molecular flexibility index (Phi) is 6.24. The van der Waals surface area contributed by atoms with Crippen LogP contribution in [0.1, 0.15) is 77.6 Å². The molecule has 2 N–H and O–H groups in total. The highest BCUT2D eigenvalue weighted by molar-refractivity contribution is 5.89. The molecule has 0 heterocycles. The van der Waals surface area contributed by atoms with Gasteiger partial charge < -0.3 is 15.2 Å². The van der Waals surface area contributed by atoms with Gasteiger partial charge in [-0.1, -0.05) is 45.4 Å². The molecule has 0 saturated heterocycles. The highest BCUT2D eigenvalue weighted by atomic mass is 16.5. The van der Waals surface area contributed by atoms with Gasteiger partial charge in [-0.3, -0.25) is 4.79 Å². The van der Waals surface area contributed by atoms with Crippen molar-refractivity contribution < 1.29 is 19.4 Å². The number of carboxylic acid groups (broad SMARTS) is 1. The zero-order valence-corrected chi connectivity index (χ0v) is 13.6. The molecule has 0 aromatic rings. The van der Waals surface area contributed by atoms with E-state index >= 15 is 0 Å². The van der Waals surface area contributed by atoms with Gasteiger partial charge >= 0.3 is 5.97 Å². The van der Waals surface area contributed by atoms with Crippen molar-refractivity contribution in [1.82, 2.24) is 5.32 Å². The largest absolute Gasteiger partial charge is 0.480 e. The van der Waals surface area contributed by atoms with Gasteiger partial charge in [0.25, 0.3) is 0 Å². The Morgan fingerprint density at radius 1 is 1.14 bits per heavy atom. The minimum atomic E-state index is -1.10. The fraction of sp³-hybridized carbons (Fsp3) is 0.882. The molecule has 2 aliphatic rings. The number of hydrogen-bond acceptors (Lipinski definition) is 3. The summed E-state index contributed by atoms with van der Waals surface area (Å²) in [6.07, 6.45) is 9.37. The molecule has 0 spiro atoms. The van der Waals surface area contributed by atoms with E-state index in [1.165, 1.54) is 0 Å². The Bertz CT molecular complexity index is 382. The summed E-state index contributed by atoms with van der Waals surface area (Å²) in [7, 11) is 0. The molecule has 1 unspecified atom stereocenters. The van der Waals surface area contributed by atoms with Crippen LogP contribution < -0.4 is 5.32 Å². The maximum Gasteiger partial charge on any atom is 0.329 e. The Hall–Kier alpha value is -1.10. The van der Waals surface area contributed by atoms with Crippen molar-refractivity contribution in [3.05, 3.63) is 0 Å². The number of amides is 1. The SMILES string of the molecule is CCC(OC1CCCC1)C(=O)NC1(C(=O)O)CCCCCC1. The molecule has 5 heteroatoms. The Labute approximate surface area is 132 Å². The van der Waals surface area contributed by atoms with E-state index in [0.29, 0.717) is 19.3 Å². The first kappa shape index (κ1) is 17.3. The lowest BCUT2D eigenvalue weighted by Crippen LogP contribution is -2.57. The first-order valence-electron chi connectivity index (χ1n) is 8.78. The molecule has 2 rings (SSSR count). The standard InChI is InChI=1S/C17H29NO4/c1-2-14(22-13-9-5-6-10-13)15(19)18-17(16(20)21)11-7-3-4-8-12-17/h13-14H,2-12H2,1H3,(H,18,19)(H,20,21). The second-order valence-corrected chi connectivity index (χ2v) is 6.73. The van der Waals surface area contributed by atoms with E-state index in [1.807, 2.05) is 6.92 Å². The van der Waals surface area contributed by atoms with Gasteiger partial charge in [0.15, 0.2) is 0 Å². The average Bonchev–Trinajstić information content (AvgIpc) is 2.89. The van der Waals surface area contributed by atoms with Gasteiger partial charge in [-0.2, -0.15) is 0 Å². The van der Waals surface area contributed by atoms with Crippen LogP contribution in [0.2, 0.25) is 0 Å². The van der Waals surface area contributed by atoms with Crippen LogP contribution >= 0.6 is 0 Å². The van der Waals surface area contributed by atoms with Crippen LogP contribution in [0.3, 0.4) is 0 Å². The molecule has 2 aliphatic carbocycles. The normalized spacial score (nSPS) is 23.7. The second kappa shape index (κ2) is 7.95. The number of nitrogens with one attached hydrogen (secondary N) is 1. The predicted molar refractivity (Wildman–Crippen MR) is 83.6 cm³/mol. The van der Waals surface area contributed by atoms with E-state index in [1.54, 1.807) is 0 Å². The summed E-state index contributed by atoms with van der Waals surface area (Å²) in [5.41, 5.74) is -1.10. The summed E-state index contributed by atoms with van der Waals surface area (Å²) in [6, 6.07) is 0. The molecule has 0 radical (unpaired) electrons. The third-order valence-corrected chi connectivity index (χ3v) is 5.05. The van der Waals surface area contributed by atoms with Crippen molar-refractivity contribution in [3.63, 3.8) is 0 Å². The van der Waals surface area contributed by atoms with Crippen molar-refractivity contribution in [2.45, 2.75) is 95.3 Å². The topological polar surface area (TPSA) is 75.6 Å². The highest BCUT2D eigenvalue weighted by Crippen LogP contribution is 2.28. The highest BCUT2D eigenvalue weighted by Gasteiger charge is 2.41. The fourth-order valence-electron chi connectivity index (χ4n) is 3.64. The molecular formula is C17H29NO4. The average molecular weight is 311 g/mol. The number of carbonyl (C=O) groups excluding carboxylic acids is 1. The van der Waals surface area contributed by atoms with Gasteiger partial charge in [0.2, 0.25) is 5.91 Å². The molecular weight excluding hydrogens is 282 g/mol. The number of aliphatic carboxylic acids is 1. The van der Waals surface area contributed by atoms with Crippen LogP contribution in [0.25, 0.3) is 0 Å². The number of hydrogen-bond donors (Lipinski definition) is 2. The van der Waals surface area contributed by atoms with Crippen molar-refractivity contribution in [1.29, 1.82) is 0 Å². The molecule has 22 heavy (non-hydrogen) atoms.